The summed E-state index contributed by atoms with van der Waals surface area (Å²) < 4.78 is 6.00. The van der Waals surface area contributed by atoms with Crippen molar-refractivity contribution in [3.05, 3.63) is 44.7 Å². The fourth-order valence-electron chi connectivity index (χ4n) is 1.61. The van der Waals surface area contributed by atoms with Gasteiger partial charge in [0.05, 0.1) is 12.7 Å². The molecule has 0 saturated heterocycles. The van der Waals surface area contributed by atoms with E-state index in [1.807, 2.05) is 24.3 Å². The molecule has 0 N–H and O–H groups in total. The minimum Gasteiger partial charge on any atom is -0.497 e. The summed E-state index contributed by atoms with van der Waals surface area (Å²) in [5, 5.41) is 9.41. The average molecular weight is 371 g/mol. The number of ether oxygens (including phenoxy) is 1. The van der Waals surface area contributed by atoms with Gasteiger partial charge in [0, 0.05) is 15.3 Å². The molecule has 0 fully saturated rings. The standard InChI is InChI=1S/C13H8ClIN2O/c1-18-9-4-2-8(3-5-9)12-10(6-16)13(14)17-7-11(12)15/h2-5,7H,1H3. The summed E-state index contributed by atoms with van der Waals surface area (Å²) in [7, 11) is 1.61. The fraction of sp³-hybridized carbons (Fsp3) is 0.0769. The van der Waals surface area contributed by atoms with Gasteiger partial charge in [-0.25, -0.2) is 4.98 Å². The number of halogens is 2. The topological polar surface area (TPSA) is 45.9 Å². The first kappa shape index (κ1) is 13.1. The Labute approximate surface area is 124 Å². The van der Waals surface area contributed by atoms with E-state index in [0.717, 1.165) is 20.4 Å². The molecule has 90 valence electrons. The van der Waals surface area contributed by atoms with Gasteiger partial charge in [0.1, 0.15) is 17.0 Å². The van der Waals surface area contributed by atoms with Gasteiger partial charge in [0.2, 0.25) is 0 Å². The van der Waals surface area contributed by atoms with Crippen molar-refractivity contribution in [2.24, 2.45) is 0 Å². The number of hydrogen-bond donors (Lipinski definition) is 0. The molecule has 1 heterocycles. The second-order valence-corrected chi connectivity index (χ2v) is 5.01. The van der Waals surface area contributed by atoms with Crippen LogP contribution in [0.5, 0.6) is 5.75 Å². The maximum absolute atomic E-state index is 9.18. The molecule has 0 bridgehead atoms. The Hall–Kier alpha value is -1.32. The Morgan fingerprint density at radius 1 is 1.33 bits per heavy atom. The van der Waals surface area contributed by atoms with E-state index in [2.05, 4.69) is 33.6 Å². The summed E-state index contributed by atoms with van der Waals surface area (Å²) in [5.74, 6) is 0.771. The van der Waals surface area contributed by atoms with Crippen LogP contribution in [0.15, 0.2) is 30.5 Å². The van der Waals surface area contributed by atoms with Gasteiger partial charge < -0.3 is 4.74 Å². The quantitative estimate of drug-likeness (QED) is 0.595. The molecular weight excluding hydrogens is 363 g/mol. The molecule has 0 unspecified atom stereocenters. The summed E-state index contributed by atoms with van der Waals surface area (Å²) in [5.41, 5.74) is 2.12. The molecule has 0 aliphatic rings. The second kappa shape index (κ2) is 5.55. The molecule has 0 aliphatic heterocycles. The van der Waals surface area contributed by atoms with Crippen molar-refractivity contribution in [1.82, 2.24) is 4.98 Å². The molecule has 0 atom stereocenters. The third-order valence-electron chi connectivity index (χ3n) is 2.48. The van der Waals surface area contributed by atoms with Crippen LogP contribution < -0.4 is 4.74 Å². The number of pyridine rings is 1. The van der Waals surface area contributed by atoms with E-state index in [-0.39, 0.29) is 5.15 Å². The number of nitrogens with zero attached hydrogens (tertiary/aromatic N) is 2. The minimum absolute atomic E-state index is 0.226. The summed E-state index contributed by atoms with van der Waals surface area (Å²) in [6.45, 7) is 0. The van der Waals surface area contributed by atoms with Gasteiger partial charge in [-0.05, 0) is 40.3 Å². The number of rotatable bonds is 2. The molecular formula is C13H8ClIN2O. The first-order valence-electron chi connectivity index (χ1n) is 5.06. The molecule has 2 rings (SSSR count). The molecule has 1 aromatic heterocycles. The predicted octanol–water partition coefficient (Wildman–Crippen LogP) is 3.89. The van der Waals surface area contributed by atoms with E-state index < -0.39 is 0 Å². The Morgan fingerprint density at radius 3 is 2.56 bits per heavy atom. The van der Waals surface area contributed by atoms with Crippen LogP contribution in [0.25, 0.3) is 11.1 Å². The number of methoxy groups -OCH3 is 1. The maximum Gasteiger partial charge on any atom is 0.147 e. The molecule has 5 heteroatoms. The highest BCUT2D eigenvalue weighted by atomic mass is 127. The molecule has 0 radical (unpaired) electrons. The highest BCUT2D eigenvalue weighted by Crippen LogP contribution is 2.32. The Bertz CT molecular complexity index is 620. The largest absolute Gasteiger partial charge is 0.497 e. The molecule has 0 aliphatic carbocycles. The van der Waals surface area contributed by atoms with Gasteiger partial charge in [-0.2, -0.15) is 5.26 Å². The van der Waals surface area contributed by atoms with Crippen LogP contribution in [0.4, 0.5) is 0 Å². The molecule has 1 aromatic carbocycles. The van der Waals surface area contributed by atoms with Crippen molar-refractivity contribution in [1.29, 1.82) is 5.26 Å². The van der Waals surface area contributed by atoms with Gasteiger partial charge in [-0.15, -0.1) is 0 Å². The lowest BCUT2D eigenvalue weighted by Gasteiger charge is -2.08. The Morgan fingerprint density at radius 2 is 2.00 bits per heavy atom. The lowest BCUT2D eigenvalue weighted by molar-refractivity contribution is 0.415. The molecule has 0 saturated carbocycles. The van der Waals surface area contributed by atoms with Gasteiger partial charge in [-0.3, -0.25) is 0 Å². The van der Waals surface area contributed by atoms with Crippen molar-refractivity contribution >= 4 is 34.2 Å². The summed E-state index contributed by atoms with van der Waals surface area (Å²) in [6, 6.07) is 9.59. The van der Waals surface area contributed by atoms with Crippen LogP contribution in [-0.4, -0.2) is 12.1 Å². The Kier molecular flexibility index (Phi) is 4.04. The van der Waals surface area contributed by atoms with Crippen molar-refractivity contribution in [2.75, 3.05) is 7.11 Å². The lowest BCUT2D eigenvalue weighted by atomic mass is 10.0. The number of benzene rings is 1. The van der Waals surface area contributed by atoms with E-state index in [4.69, 9.17) is 16.3 Å². The highest BCUT2D eigenvalue weighted by Gasteiger charge is 2.13. The Balaban J connectivity index is 2.63. The minimum atomic E-state index is 0.226. The van der Waals surface area contributed by atoms with Gasteiger partial charge in [0.15, 0.2) is 0 Å². The van der Waals surface area contributed by atoms with Crippen LogP contribution in [0, 0.1) is 14.9 Å². The zero-order valence-corrected chi connectivity index (χ0v) is 12.4. The van der Waals surface area contributed by atoms with E-state index >= 15 is 0 Å². The third kappa shape index (κ3) is 2.42. The molecule has 3 nitrogen and oxygen atoms in total. The highest BCUT2D eigenvalue weighted by molar-refractivity contribution is 14.1. The van der Waals surface area contributed by atoms with Crippen molar-refractivity contribution in [2.45, 2.75) is 0 Å². The van der Waals surface area contributed by atoms with E-state index in [1.165, 1.54) is 0 Å². The van der Waals surface area contributed by atoms with Crippen LogP contribution in [0.1, 0.15) is 5.56 Å². The smallest absolute Gasteiger partial charge is 0.147 e. The number of aromatic nitrogens is 1. The van der Waals surface area contributed by atoms with Crippen LogP contribution in [0.2, 0.25) is 5.15 Å². The zero-order valence-electron chi connectivity index (χ0n) is 9.45. The average Bonchev–Trinajstić information content (AvgIpc) is 2.41. The normalized spacial score (nSPS) is 9.89. The lowest BCUT2D eigenvalue weighted by Crippen LogP contribution is -1.93. The van der Waals surface area contributed by atoms with Crippen LogP contribution in [0.3, 0.4) is 0 Å². The van der Waals surface area contributed by atoms with E-state index in [1.54, 1.807) is 13.3 Å². The van der Waals surface area contributed by atoms with Gasteiger partial charge >= 0.3 is 0 Å². The first-order chi connectivity index (χ1) is 8.67. The maximum atomic E-state index is 9.18. The predicted molar refractivity (Wildman–Crippen MR) is 78.7 cm³/mol. The number of nitriles is 1. The fourth-order valence-corrected chi connectivity index (χ4v) is 2.51. The molecule has 0 amide bonds. The van der Waals surface area contributed by atoms with Gasteiger partial charge in [0.25, 0.3) is 0 Å². The molecule has 2 aromatic rings. The van der Waals surface area contributed by atoms with Crippen molar-refractivity contribution < 1.29 is 4.74 Å². The van der Waals surface area contributed by atoms with Crippen LogP contribution in [-0.2, 0) is 0 Å². The summed E-state index contributed by atoms with van der Waals surface area (Å²) >= 11 is 8.09. The monoisotopic (exact) mass is 370 g/mol. The van der Waals surface area contributed by atoms with Crippen molar-refractivity contribution in [3.8, 4) is 22.9 Å². The van der Waals surface area contributed by atoms with Crippen LogP contribution >= 0.6 is 34.2 Å². The second-order valence-electron chi connectivity index (χ2n) is 3.49. The summed E-state index contributed by atoms with van der Waals surface area (Å²) in [6.07, 6.45) is 1.66. The van der Waals surface area contributed by atoms with E-state index in [9.17, 15) is 5.26 Å². The van der Waals surface area contributed by atoms with E-state index in [0.29, 0.717) is 5.56 Å². The summed E-state index contributed by atoms with van der Waals surface area (Å²) in [4.78, 5) is 3.98. The molecule has 18 heavy (non-hydrogen) atoms. The van der Waals surface area contributed by atoms with Gasteiger partial charge in [-0.1, -0.05) is 23.7 Å². The molecule has 0 spiro atoms. The van der Waals surface area contributed by atoms with Crippen molar-refractivity contribution in [3.63, 3.8) is 0 Å². The zero-order chi connectivity index (χ0) is 13.1. The third-order valence-corrected chi connectivity index (χ3v) is 3.58. The first-order valence-corrected chi connectivity index (χ1v) is 6.51. The SMILES string of the molecule is COc1ccc(-c2c(I)cnc(Cl)c2C#N)cc1. The number of hydrogen-bond acceptors (Lipinski definition) is 3.